The molecule has 0 saturated carbocycles. The van der Waals surface area contributed by atoms with Gasteiger partial charge in [-0.2, -0.15) is 0 Å². The summed E-state index contributed by atoms with van der Waals surface area (Å²) in [7, 11) is 0. The van der Waals surface area contributed by atoms with Crippen LogP contribution in [0.25, 0.3) is 115 Å². The predicted molar refractivity (Wildman–Crippen MR) is 299 cm³/mol. The number of para-hydroxylation sites is 4. The van der Waals surface area contributed by atoms with Gasteiger partial charge in [-0.3, -0.25) is 0 Å². The highest BCUT2D eigenvalue weighted by molar-refractivity contribution is 6.15. The Kier molecular flexibility index (Phi) is 9.53. The van der Waals surface area contributed by atoms with Gasteiger partial charge in [0.1, 0.15) is 11.2 Å². The first-order valence-corrected chi connectivity index (χ1v) is 24.3. The first-order valence-electron chi connectivity index (χ1n) is 24.3. The predicted octanol–water partition coefficient (Wildman–Crippen LogP) is 19.1. The van der Waals surface area contributed by atoms with Crippen molar-refractivity contribution in [2.45, 2.75) is 0 Å². The van der Waals surface area contributed by atoms with Gasteiger partial charge in [0.2, 0.25) is 0 Å². The molecule has 0 N–H and O–H groups in total. The van der Waals surface area contributed by atoms with E-state index in [1.807, 2.05) is 6.07 Å². The van der Waals surface area contributed by atoms with E-state index in [9.17, 15) is 0 Å². The lowest BCUT2D eigenvalue weighted by Crippen LogP contribution is -2.11. The van der Waals surface area contributed by atoms with Crippen molar-refractivity contribution in [2.75, 3.05) is 4.90 Å². The molecule has 0 aliphatic rings. The summed E-state index contributed by atoms with van der Waals surface area (Å²) < 4.78 is 8.80. The van der Waals surface area contributed by atoms with Crippen molar-refractivity contribution >= 4 is 82.4 Å². The fourth-order valence-corrected chi connectivity index (χ4v) is 11.1. The molecule has 0 saturated heterocycles. The van der Waals surface area contributed by atoms with Gasteiger partial charge in [-0.1, -0.05) is 194 Å². The summed E-state index contributed by atoms with van der Waals surface area (Å²) in [6.45, 7) is 0. The Hall–Kier alpha value is -9.44. The molecule has 0 fully saturated rings. The molecule has 71 heavy (non-hydrogen) atoms. The van der Waals surface area contributed by atoms with Gasteiger partial charge in [0.05, 0.1) is 16.7 Å². The second-order valence-corrected chi connectivity index (χ2v) is 18.4. The summed E-state index contributed by atoms with van der Waals surface area (Å²) in [6, 6.07) is 96.7. The molecule has 14 rings (SSSR count). The van der Waals surface area contributed by atoms with Gasteiger partial charge in [0.25, 0.3) is 0 Å². The number of benzene rings is 12. The molecule has 2 heterocycles. The second kappa shape index (κ2) is 16.7. The van der Waals surface area contributed by atoms with Gasteiger partial charge in [0, 0.05) is 44.2 Å². The van der Waals surface area contributed by atoms with E-state index in [2.05, 4.69) is 270 Å². The van der Waals surface area contributed by atoms with Gasteiger partial charge in [-0.25, -0.2) is 0 Å². The average molecular weight is 905 g/mol. The molecule has 0 radical (unpaired) electrons. The number of fused-ring (bicyclic) bond motifs is 9. The third kappa shape index (κ3) is 6.82. The van der Waals surface area contributed by atoms with Crippen LogP contribution in [0.3, 0.4) is 0 Å². The summed E-state index contributed by atoms with van der Waals surface area (Å²) in [6.07, 6.45) is 0. The van der Waals surface area contributed by atoms with Crippen LogP contribution in [0.2, 0.25) is 0 Å². The first-order chi connectivity index (χ1) is 35.2. The number of nitrogens with zero attached hydrogens (tertiary/aromatic N) is 2. The highest BCUT2D eigenvalue weighted by Gasteiger charge is 2.21. The molecule has 3 nitrogen and oxygen atoms in total. The van der Waals surface area contributed by atoms with Crippen LogP contribution < -0.4 is 4.90 Å². The minimum absolute atomic E-state index is 0.878. The van der Waals surface area contributed by atoms with Crippen LogP contribution in [0, 0.1) is 0 Å². The molecule has 0 spiro atoms. The largest absolute Gasteiger partial charge is 0.456 e. The van der Waals surface area contributed by atoms with Crippen molar-refractivity contribution in [3.63, 3.8) is 0 Å². The molecule has 0 unspecified atom stereocenters. The van der Waals surface area contributed by atoms with E-state index in [1.165, 1.54) is 65.6 Å². The summed E-state index contributed by atoms with van der Waals surface area (Å²) in [4.78, 5) is 2.40. The number of rotatable bonds is 8. The van der Waals surface area contributed by atoms with E-state index in [1.54, 1.807) is 0 Å². The maximum absolute atomic E-state index is 6.42. The maximum atomic E-state index is 6.42. The van der Waals surface area contributed by atoms with E-state index in [-0.39, 0.29) is 0 Å². The van der Waals surface area contributed by atoms with Crippen LogP contribution in [-0.2, 0) is 0 Å². The Morgan fingerprint density at radius 3 is 1.52 bits per heavy atom. The number of anilines is 3. The standard InChI is InChI=1S/C68H44N2O/c1-2-18-54-50(15-1)44-62(56-20-4-3-19-55(54)56)48-37-41-52(42-38-48)69(63-26-9-7-23-59(63)60-25-14-30-67-68(60)61-24-8-12-29-66(61)71-67)51-39-35-46(36-40-51)45-31-33-47(34-32-45)49-16-13-17-53(43-49)70-64-27-10-5-21-57(64)58-22-6-11-28-65(58)70/h1-44H. The summed E-state index contributed by atoms with van der Waals surface area (Å²) in [5.74, 6) is 0. The van der Waals surface area contributed by atoms with E-state index in [0.717, 1.165) is 66.9 Å². The van der Waals surface area contributed by atoms with E-state index in [4.69, 9.17) is 4.42 Å². The lowest BCUT2D eigenvalue weighted by atomic mass is 9.93. The van der Waals surface area contributed by atoms with Gasteiger partial charge >= 0.3 is 0 Å². The normalized spacial score (nSPS) is 11.7. The molecule has 0 aliphatic heterocycles. The lowest BCUT2D eigenvalue weighted by Gasteiger charge is -2.28. The molecule has 3 heteroatoms. The summed E-state index contributed by atoms with van der Waals surface area (Å²) in [5.41, 5.74) is 17.9. The zero-order chi connectivity index (χ0) is 46.8. The van der Waals surface area contributed by atoms with Crippen LogP contribution >= 0.6 is 0 Å². The third-order valence-corrected chi connectivity index (χ3v) is 14.4. The highest BCUT2D eigenvalue weighted by atomic mass is 16.3. The van der Waals surface area contributed by atoms with Crippen LogP contribution in [0.4, 0.5) is 17.1 Å². The van der Waals surface area contributed by atoms with Gasteiger partial charge < -0.3 is 13.9 Å². The maximum Gasteiger partial charge on any atom is 0.136 e. The molecule has 14 aromatic rings. The Morgan fingerprint density at radius 1 is 0.296 bits per heavy atom. The van der Waals surface area contributed by atoms with E-state index < -0.39 is 0 Å². The van der Waals surface area contributed by atoms with Gasteiger partial charge in [-0.05, 0) is 133 Å². The quantitative estimate of drug-likeness (QED) is 0.142. The molecule has 12 aromatic carbocycles. The van der Waals surface area contributed by atoms with Crippen molar-refractivity contribution in [2.24, 2.45) is 0 Å². The summed E-state index contributed by atoms with van der Waals surface area (Å²) >= 11 is 0. The van der Waals surface area contributed by atoms with Crippen LogP contribution in [0.5, 0.6) is 0 Å². The molecule has 0 atom stereocenters. The topological polar surface area (TPSA) is 21.3 Å². The fourth-order valence-electron chi connectivity index (χ4n) is 11.1. The van der Waals surface area contributed by atoms with Gasteiger partial charge in [0.15, 0.2) is 0 Å². The molecule has 2 aromatic heterocycles. The zero-order valence-corrected chi connectivity index (χ0v) is 38.7. The first kappa shape index (κ1) is 40.6. The Labute approximate surface area is 411 Å². The molecule has 332 valence electrons. The number of hydrogen-bond donors (Lipinski definition) is 0. The Balaban J connectivity index is 0.849. The SMILES string of the molecule is c1cc(-c2ccc(-c3ccc(N(c4ccc(-c5cc6ccccc6c6ccccc56)cc4)c4ccccc4-c4cccc5oc6ccccc6c45)cc3)cc2)cc(-n2c3ccccc3c3ccccc32)c1. The van der Waals surface area contributed by atoms with Crippen molar-refractivity contribution in [3.8, 4) is 50.2 Å². The summed E-state index contributed by atoms with van der Waals surface area (Å²) in [5, 5.41) is 9.78. The zero-order valence-electron chi connectivity index (χ0n) is 38.7. The fraction of sp³-hybridized carbons (Fsp3) is 0. The second-order valence-electron chi connectivity index (χ2n) is 18.4. The minimum Gasteiger partial charge on any atom is -0.456 e. The van der Waals surface area contributed by atoms with Crippen molar-refractivity contribution in [1.29, 1.82) is 0 Å². The van der Waals surface area contributed by atoms with Crippen molar-refractivity contribution in [3.05, 3.63) is 267 Å². The number of furan rings is 1. The Morgan fingerprint density at radius 2 is 0.803 bits per heavy atom. The van der Waals surface area contributed by atoms with Crippen molar-refractivity contribution < 1.29 is 4.42 Å². The highest BCUT2D eigenvalue weighted by Crippen LogP contribution is 2.46. The van der Waals surface area contributed by atoms with Crippen LogP contribution in [0.1, 0.15) is 0 Å². The van der Waals surface area contributed by atoms with Crippen LogP contribution in [-0.4, -0.2) is 4.57 Å². The third-order valence-electron chi connectivity index (χ3n) is 14.4. The lowest BCUT2D eigenvalue weighted by molar-refractivity contribution is 0.669. The van der Waals surface area contributed by atoms with Crippen molar-refractivity contribution in [1.82, 2.24) is 4.57 Å². The van der Waals surface area contributed by atoms with Gasteiger partial charge in [-0.15, -0.1) is 0 Å². The molecule has 0 amide bonds. The molecular formula is C68H44N2O. The number of aromatic nitrogens is 1. The Bertz CT molecular complexity index is 4280. The van der Waals surface area contributed by atoms with E-state index >= 15 is 0 Å². The molecule has 0 bridgehead atoms. The molecular weight excluding hydrogens is 861 g/mol. The number of hydrogen-bond acceptors (Lipinski definition) is 2. The monoisotopic (exact) mass is 904 g/mol. The van der Waals surface area contributed by atoms with E-state index in [0.29, 0.717) is 0 Å². The smallest absolute Gasteiger partial charge is 0.136 e. The molecule has 0 aliphatic carbocycles. The average Bonchev–Trinajstić information content (AvgIpc) is 4.00. The minimum atomic E-state index is 0.878. The van der Waals surface area contributed by atoms with Crippen LogP contribution in [0.15, 0.2) is 271 Å².